The van der Waals surface area contributed by atoms with Gasteiger partial charge in [-0.3, -0.25) is 9.59 Å². The zero-order valence-corrected chi connectivity index (χ0v) is 22.6. The van der Waals surface area contributed by atoms with Crippen molar-refractivity contribution in [3.63, 3.8) is 0 Å². The number of ketones is 1. The third-order valence-electron chi connectivity index (χ3n) is 6.59. The zero-order chi connectivity index (χ0) is 27.8. The second-order valence-electron chi connectivity index (χ2n) is 9.22. The van der Waals surface area contributed by atoms with Crippen molar-refractivity contribution in [3.8, 4) is 17.2 Å². The molecular formula is C30H35N3O6. The van der Waals surface area contributed by atoms with Gasteiger partial charge in [0.1, 0.15) is 11.5 Å². The highest BCUT2D eigenvalue weighted by Crippen LogP contribution is 2.42. The second kappa shape index (κ2) is 13.0. The van der Waals surface area contributed by atoms with E-state index in [1.165, 1.54) is 4.90 Å². The van der Waals surface area contributed by atoms with Crippen molar-refractivity contribution in [2.24, 2.45) is 0 Å². The summed E-state index contributed by atoms with van der Waals surface area (Å²) in [4.78, 5) is 32.3. The monoisotopic (exact) mass is 533 g/mol. The molecule has 3 aromatic rings. The van der Waals surface area contributed by atoms with Gasteiger partial charge in [0.25, 0.3) is 11.7 Å². The van der Waals surface area contributed by atoms with Gasteiger partial charge < -0.3 is 28.8 Å². The van der Waals surface area contributed by atoms with E-state index in [0.29, 0.717) is 61.1 Å². The minimum absolute atomic E-state index is 0.0259. The molecule has 0 radical (unpaired) electrons. The van der Waals surface area contributed by atoms with Crippen molar-refractivity contribution in [3.05, 3.63) is 77.9 Å². The minimum atomic E-state index is -0.804. The van der Waals surface area contributed by atoms with E-state index in [0.717, 1.165) is 12.8 Å². The van der Waals surface area contributed by atoms with Gasteiger partial charge in [-0.25, -0.2) is 4.98 Å². The van der Waals surface area contributed by atoms with Gasteiger partial charge in [-0.2, -0.15) is 0 Å². The Balaban J connectivity index is 1.75. The molecule has 9 heteroatoms. The summed E-state index contributed by atoms with van der Waals surface area (Å²) >= 11 is 0. The van der Waals surface area contributed by atoms with Gasteiger partial charge in [-0.05, 0) is 49.6 Å². The first-order chi connectivity index (χ1) is 19.0. The number of unbranched alkanes of at least 4 members (excludes halogenated alkanes) is 1. The largest absolute Gasteiger partial charge is 0.507 e. The fourth-order valence-corrected chi connectivity index (χ4v) is 4.66. The van der Waals surface area contributed by atoms with E-state index in [1.54, 1.807) is 56.0 Å². The van der Waals surface area contributed by atoms with E-state index in [-0.39, 0.29) is 11.3 Å². The van der Waals surface area contributed by atoms with Crippen molar-refractivity contribution in [2.45, 2.75) is 45.7 Å². The number of carbonyl (C=O) groups excluding carboxylic acids is 2. The number of aromatic nitrogens is 2. The number of hydrogen-bond acceptors (Lipinski definition) is 7. The van der Waals surface area contributed by atoms with Crippen molar-refractivity contribution in [1.82, 2.24) is 14.5 Å². The van der Waals surface area contributed by atoms with Crippen molar-refractivity contribution < 1.29 is 28.9 Å². The summed E-state index contributed by atoms with van der Waals surface area (Å²) in [5, 5.41) is 11.4. The lowest BCUT2D eigenvalue weighted by molar-refractivity contribution is -0.139. The van der Waals surface area contributed by atoms with Crippen LogP contribution >= 0.6 is 0 Å². The second-order valence-corrected chi connectivity index (χ2v) is 9.22. The van der Waals surface area contributed by atoms with Crippen LogP contribution in [-0.4, -0.2) is 58.1 Å². The highest BCUT2D eigenvalue weighted by atomic mass is 16.5. The average molecular weight is 534 g/mol. The molecule has 1 fully saturated rings. The normalized spacial score (nSPS) is 16.5. The van der Waals surface area contributed by atoms with Crippen LogP contribution < -0.4 is 14.2 Å². The molecule has 1 unspecified atom stereocenters. The highest BCUT2D eigenvalue weighted by Gasteiger charge is 2.46. The van der Waals surface area contributed by atoms with E-state index < -0.39 is 17.7 Å². The molecule has 206 valence electrons. The third kappa shape index (κ3) is 6.25. The Labute approximate surface area is 228 Å². The first kappa shape index (κ1) is 27.8. The van der Waals surface area contributed by atoms with Crippen LogP contribution in [0.15, 0.2) is 66.8 Å². The SMILES string of the molecule is CCCCOc1ccc(C2/C(=C(\O)c3cccc(OCC)c3)C(=O)C(=O)N2CCCn2ccnc2)cc1OC. The number of rotatable bonds is 13. The lowest BCUT2D eigenvalue weighted by Crippen LogP contribution is -2.31. The summed E-state index contributed by atoms with van der Waals surface area (Å²) < 4.78 is 19.0. The topological polar surface area (TPSA) is 103 Å². The van der Waals surface area contributed by atoms with Crippen LogP contribution in [0, 0.1) is 0 Å². The number of amides is 1. The van der Waals surface area contributed by atoms with Crippen LogP contribution in [0.5, 0.6) is 17.2 Å². The summed E-state index contributed by atoms with van der Waals surface area (Å²) in [7, 11) is 1.55. The molecule has 1 amide bonds. The molecular weight excluding hydrogens is 498 g/mol. The average Bonchev–Trinajstić information content (AvgIpc) is 3.55. The molecule has 0 aliphatic carbocycles. The number of ether oxygens (including phenoxy) is 3. The summed E-state index contributed by atoms with van der Waals surface area (Å²) in [5.41, 5.74) is 1.06. The Bertz CT molecular complexity index is 1320. The molecule has 0 saturated carbocycles. The van der Waals surface area contributed by atoms with E-state index >= 15 is 0 Å². The Hall–Kier alpha value is -4.27. The molecule has 1 aliphatic heterocycles. The van der Waals surface area contributed by atoms with Gasteiger partial charge in [0.15, 0.2) is 11.5 Å². The fraction of sp³-hybridized carbons (Fsp3) is 0.367. The molecule has 4 rings (SSSR count). The van der Waals surface area contributed by atoms with Gasteiger partial charge in [0, 0.05) is 31.0 Å². The first-order valence-electron chi connectivity index (χ1n) is 13.3. The maximum Gasteiger partial charge on any atom is 0.295 e. The third-order valence-corrected chi connectivity index (χ3v) is 6.59. The van der Waals surface area contributed by atoms with Gasteiger partial charge >= 0.3 is 0 Å². The molecule has 39 heavy (non-hydrogen) atoms. The van der Waals surface area contributed by atoms with Gasteiger partial charge in [0.2, 0.25) is 0 Å². The predicted molar refractivity (Wildman–Crippen MR) is 147 cm³/mol. The summed E-state index contributed by atoms with van der Waals surface area (Å²) in [6.45, 7) is 5.89. The summed E-state index contributed by atoms with van der Waals surface area (Å²) in [6, 6.07) is 11.4. The van der Waals surface area contributed by atoms with Gasteiger partial charge in [-0.15, -0.1) is 0 Å². The highest BCUT2D eigenvalue weighted by molar-refractivity contribution is 6.46. The number of carbonyl (C=O) groups is 2. The van der Waals surface area contributed by atoms with E-state index in [2.05, 4.69) is 11.9 Å². The van der Waals surface area contributed by atoms with Crippen molar-refractivity contribution >= 4 is 17.4 Å². The summed E-state index contributed by atoms with van der Waals surface area (Å²) in [6.07, 6.45) is 7.74. The number of likely N-dealkylation sites (tertiary alicyclic amines) is 1. The lowest BCUT2D eigenvalue weighted by atomic mass is 9.95. The molecule has 2 aromatic carbocycles. The lowest BCUT2D eigenvalue weighted by Gasteiger charge is -2.26. The standard InChI is InChI=1S/C30H35N3O6/c1-4-6-17-39-24-12-11-21(19-25(24)37-3)27-26(28(34)22-9-7-10-23(18-22)38-5-2)29(35)30(36)33(27)15-8-14-32-16-13-31-20-32/h7,9-13,16,18-20,27,34H,4-6,8,14-15,17H2,1-3H3/b28-26+. The number of hydrogen-bond donors (Lipinski definition) is 1. The molecule has 1 N–H and O–H groups in total. The van der Waals surface area contributed by atoms with Crippen LogP contribution in [0.3, 0.4) is 0 Å². The molecule has 1 aliphatic rings. The summed E-state index contributed by atoms with van der Waals surface area (Å²) in [5.74, 6) is -0.0103. The van der Waals surface area contributed by atoms with E-state index in [9.17, 15) is 14.7 Å². The number of benzene rings is 2. The van der Waals surface area contributed by atoms with Gasteiger partial charge in [0.05, 0.1) is 38.3 Å². The first-order valence-corrected chi connectivity index (χ1v) is 13.3. The van der Waals surface area contributed by atoms with E-state index in [1.807, 2.05) is 23.8 Å². The molecule has 1 saturated heterocycles. The molecule has 0 bridgehead atoms. The Kier molecular flexibility index (Phi) is 9.25. The van der Waals surface area contributed by atoms with E-state index in [4.69, 9.17) is 14.2 Å². The van der Waals surface area contributed by atoms with Crippen molar-refractivity contribution in [2.75, 3.05) is 26.9 Å². The quantitative estimate of drug-likeness (QED) is 0.143. The number of methoxy groups -OCH3 is 1. The number of imidazole rings is 1. The number of nitrogens with zero attached hydrogens (tertiary/aromatic N) is 3. The number of aliphatic hydroxyl groups is 1. The van der Waals surface area contributed by atoms with Crippen LogP contribution in [0.25, 0.3) is 5.76 Å². The van der Waals surface area contributed by atoms with Crippen molar-refractivity contribution in [1.29, 1.82) is 0 Å². The smallest absolute Gasteiger partial charge is 0.295 e. The Morgan fingerprint density at radius 2 is 1.87 bits per heavy atom. The molecule has 1 aromatic heterocycles. The predicted octanol–water partition coefficient (Wildman–Crippen LogP) is 4.98. The van der Waals surface area contributed by atoms with Gasteiger partial charge in [-0.1, -0.05) is 31.5 Å². The maximum absolute atomic E-state index is 13.4. The maximum atomic E-state index is 13.4. The molecule has 2 heterocycles. The number of aliphatic hydroxyl groups excluding tert-OH is 1. The van der Waals surface area contributed by atoms with Crippen LogP contribution in [0.2, 0.25) is 0 Å². The van der Waals surface area contributed by atoms with Crippen LogP contribution in [-0.2, 0) is 16.1 Å². The van der Waals surface area contributed by atoms with Crippen LogP contribution in [0.1, 0.15) is 50.3 Å². The minimum Gasteiger partial charge on any atom is -0.507 e. The Morgan fingerprint density at radius 1 is 1.03 bits per heavy atom. The molecule has 9 nitrogen and oxygen atoms in total. The molecule has 0 spiro atoms. The number of Topliss-reactive ketones (excluding diaryl/α,β-unsaturated/α-hetero) is 1. The fourth-order valence-electron chi connectivity index (χ4n) is 4.66. The number of aryl methyl sites for hydroxylation is 1. The van der Waals surface area contributed by atoms with Crippen LogP contribution in [0.4, 0.5) is 0 Å². The zero-order valence-electron chi connectivity index (χ0n) is 22.6. The molecule has 1 atom stereocenters. The Morgan fingerprint density at radius 3 is 2.59 bits per heavy atom.